The van der Waals surface area contributed by atoms with Gasteiger partial charge in [-0.1, -0.05) is 0 Å². The number of nitrogens with one attached hydrogen (secondary N) is 1. The number of anilines is 1. The summed E-state index contributed by atoms with van der Waals surface area (Å²) in [6.07, 6.45) is 7.27. The lowest BCUT2D eigenvalue weighted by atomic mass is 10.0. The second kappa shape index (κ2) is 6.05. The van der Waals surface area contributed by atoms with Gasteiger partial charge in [-0.15, -0.1) is 0 Å². The van der Waals surface area contributed by atoms with E-state index >= 15 is 0 Å². The second-order valence-corrected chi connectivity index (χ2v) is 5.34. The van der Waals surface area contributed by atoms with Crippen molar-refractivity contribution in [2.24, 2.45) is 7.05 Å². The molecule has 1 aliphatic heterocycles. The Morgan fingerprint density at radius 1 is 1.41 bits per heavy atom. The van der Waals surface area contributed by atoms with Crippen LogP contribution in [0.1, 0.15) is 29.8 Å². The number of nitrogens with zero attached hydrogens (tertiary/aromatic N) is 3. The Balaban J connectivity index is 1.76. The number of piperidine rings is 1. The van der Waals surface area contributed by atoms with Gasteiger partial charge in [-0.25, -0.2) is 4.98 Å². The lowest BCUT2D eigenvalue weighted by Crippen LogP contribution is -2.50. The fraction of sp³-hybridized carbons (Fsp3) is 0.400. The van der Waals surface area contributed by atoms with Crippen molar-refractivity contribution < 1.29 is 14.0 Å². The van der Waals surface area contributed by atoms with E-state index in [4.69, 9.17) is 4.42 Å². The topological polar surface area (TPSA) is 80.4 Å². The molecule has 0 aliphatic carbocycles. The molecule has 1 N–H and O–H groups in total. The summed E-state index contributed by atoms with van der Waals surface area (Å²) in [6, 6.07) is 2.79. The van der Waals surface area contributed by atoms with Gasteiger partial charge in [0, 0.05) is 26.0 Å². The molecule has 2 aromatic rings. The van der Waals surface area contributed by atoms with E-state index in [0.717, 1.165) is 12.8 Å². The van der Waals surface area contributed by atoms with Crippen LogP contribution < -0.4 is 5.32 Å². The van der Waals surface area contributed by atoms with Gasteiger partial charge < -0.3 is 13.9 Å². The van der Waals surface area contributed by atoms with E-state index < -0.39 is 6.04 Å². The molecular weight excluding hydrogens is 284 g/mol. The van der Waals surface area contributed by atoms with Crippen LogP contribution in [0.2, 0.25) is 0 Å². The zero-order chi connectivity index (χ0) is 15.5. The molecule has 0 radical (unpaired) electrons. The highest BCUT2D eigenvalue weighted by atomic mass is 16.3. The molecule has 7 heteroatoms. The average Bonchev–Trinajstić information content (AvgIpc) is 3.19. The maximum absolute atomic E-state index is 12.5. The fourth-order valence-electron chi connectivity index (χ4n) is 2.67. The van der Waals surface area contributed by atoms with Crippen LogP contribution in [0, 0.1) is 0 Å². The molecule has 3 heterocycles. The summed E-state index contributed by atoms with van der Waals surface area (Å²) < 4.78 is 6.88. The molecule has 0 bridgehead atoms. The number of rotatable bonds is 3. The second-order valence-electron chi connectivity index (χ2n) is 5.34. The minimum Gasteiger partial charge on any atom is -0.459 e. The van der Waals surface area contributed by atoms with Crippen LogP contribution in [0.3, 0.4) is 0 Å². The highest BCUT2D eigenvalue weighted by molar-refractivity contribution is 5.99. The number of hydrogen-bond donors (Lipinski definition) is 1. The Morgan fingerprint density at radius 2 is 2.27 bits per heavy atom. The number of aryl methyl sites for hydroxylation is 1. The average molecular weight is 302 g/mol. The van der Waals surface area contributed by atoms with Crippen molar-refractivity contribution in [3.8, 4) is 0 Å². The van der Waals surface area contributed by atoms with Crippen molar-refractivity contribution in [3.05, 3.63) is 36.5 Å². The number of imidazole rings is 1. The summed E-state index contributed by atoms with van der Waals surface area (Å²) in [4.78, 5) is 30.7. The van der Waals surface area contributed by atoms with Gasteiger partial charge in [-0.3, -0.25) is 14.9 Å². The molecule has 0 aromatic carbocycles. The number of carbonyl (C=O) groups excluding carboxylic acids is 2. The van der Waals surface area contributed by atoms with Crippen molar-refractivity contribution >= 4 is 17.8 Å². The summed E-state index contributed by atoms with van der Waals surface area (Å²) in [5.41, 5.74) is 0. The molecule has 22 heavy (non-hydrogen) atoms. The summed E-state index contributed by atoms with van der Waals surface area (Å²) in [7, 11) is 1.80. The van der Waals surface area contributed by atoms with Crippen molar-refractivity contribution in [3.63, 3.8) is 0 Å². The van der Waals surface area contributed by atoms with Gasteiger partial charge in [-0.2, -0.15) is 0 Å². The van der Waals surface area contributed by atoms with E-state index in [-0.39, 0.29) is 17.6 Å². The van der Waals surface area contributed by atoms with Crippen LogP contribution in [-0.4, -0.2) is 38.9 Å². The molecule has 2 amide bonds. The minimum atomic E-state index is -0.497. The summed E-state index contributed by atoms with van der Waals surface area (Å²) in [5.74, 6) is 0.274. The first kappa shape index (κ1) is 14.4. The van der Waals surface area contributed by atoms with Gasteiger partial charge in [0.05, 0.1) is 6.26 Å². The molecule has 7 nitrogen and oxygen atoms in total. The first-order chi connectivity index (χ1) is 10.7. The van der Waals surface area contributed by atoms with E-state index in [9.17, 15) is 9.59 Å². The fourth-order valence-corrected chi connectivity index (χ4v) is 2.67. The summed E-state index contributed by atoms with van der Waals surface area (Å²) in [6.45, 7) is 0.554. The third kappa shape index (κ3) is 2.74. The Morgan fingerprint density at radius 3 is 2.95 bits per heavy atom. The van der Waals surface area contributed by atoms with E-state index in [1.54, 1.807) is 41.0 Å². The van der Waals surface area contributed by atoms with Crippen LogP contribution in [0.15, 0.2) is 35.2 Å². The molecule has 1 atom stereocenters. The number of hydrogen-bond acceptors (Lipinski definition) is 4. The van der Waals surface area contributed by atoms with Gasteiger partial charge in [0.1, 0.15) is 6.04 Å². The third-order valence-electron chi connectivity index (χ3n) is 3.85. The zero-order valence-corrected chi connectivity index (χ0v) is 12.4. The summed E-state index contributed by atoms with van der Waals surface area (Å²) >= 11 is 0. The SMILES string of the molecule is Cn1ccnc1NC(=O)C1CCCCN1C(=O)c1ccco1. The van der Waals surface area contributed by atoms with Gasteiger partial charge in [-0.05, 0) is 31.4 Å². The minimum absolute atomic E-state index is 0.214. The van der Waals surface area contributed by atoms with E-state index in [1.807, 2.05) is 0 Å². The van der Waals surface area contributed by atoms with Crippen LogP contribution in [-0.2, 0) is 11.8 Å². The molecule has 3 rings (SSSR count). The molecule has 1 saturated heterocycles. The van der Waals surface area contributed by atoms with Gasteiger partial charge in [0.2, 0.25) is 11.9 Å². The summed E-state index contributed by atoms with van der Waals surface area (Å²) in [5, 5.41) is 2.78. The van der Waals surface area contributed by atoms with Gasteiger partial charge >= 0.3 is 0 Å². The van der Waals surface area contributed by atoms with E-state index in [2.05, 4.69) is 10.3 Å². The van der Waals surface area contributed by atoms with Gasteiger partial charge in [0.25, 0.3) is 5.91 Å². The Bertz CT molecular complexity index is 662. The molecule has 2 aromatic heterocycles. The highest BCUT2D eigenvalue weighted by Gasteiger charge is 2.34. The van der Waals surface area contributed by atoms with Crippen molar-refractivity contribution in [2.75, 3.05) is 11.9 Å². The van der Waals surface area contributed by atoms with Crippen molar-refractivity contribution in [2.45, 2.75) is 25.3 Å². The van der Waals surface area contributed by atoms with Crippen LogP contribution in [0.25, 0.3) is 0 Å². The first-order valence-electron chi connectivity index (χ1n) is 7.29. The molecule has 1 aliphatic rings. The van der Waals surface area contributed by atoms with Crippen LogP contribution >= 0.6 is 0 Å². The standard InChI is InChI=1S/C15H18N4O3/c1-18-9-7-16-15(18)17-13(20)11-5-2-3-8-19(11)14(21)12-6-4-10-22-12/h4,6-7,9-11H,2-3,5,8H2,1H3,(H,16,17,20). The van der Waals surface area contributed by atoms with E-state index in [1.165, 1.54) is 6.26 Å². The maximum Gasteiger partial charge on any atom is 0.290 e. The first-order valence-corrected chi connectivity index (χ1v) is 7.29. The number of aromatic nitrogens is 2. The third-order valence-corrected chi connectivity index (χ3v) is 3.85. The van der Waals surface area contributed by atoms with Crippen molar-refractivity contribution in [1.29, 1.82) is 0 Å². The molecule has 0 saturated carbocycles. The molecule has 116 valence electrons. The zero-order valence-electron chi connectivity index (χ0n) is 12.4. The van der Waals surface area contributed by atoms with Crippen LogP contribution in [0.5, 0.6) is 0 Å². The van der Waals surface area contributed by atoms with Crippen LogP contribution in [0.4, 0.5) is 5.95 Å². The number of furan rings is 1. The maximum atomic E-state index is 12.5. The molecule has 0 spiro atoms. The Hall–Kier alpha value is -2.57. The molecular formula is C15H18N4O3. The van der Waals surface area contributed by atoms with Gasteiger partial charge in [0.15, 0.2) is 5.76 Å². The van der Waals surface area contributed by atoms with E-state index in [0.29, 0.717) is 18.9 Å². The predicted octanol–water partition coefficient (Wildman–Crippen LogP) is 1.65. The lowest BCUT2D eigenvalue weighted by molar-refractivity contribution is -0.121. The number of carbonyl (C=O) groups is 2. The Kier molecular flexibility index (Phi) is 3.95. The highest BCUT2D eigenvalue weighted by Crippen LogP contribution is 2.21. The molecule has 1 fully saturated rings. The van der Waals surface area contributed by atoms with Crippen molar-refractivity contribution in [1.82, 2.24) is 14.5 Å². The number of amides is 2. The largest absolute Gasteiger partial charge is 0.459 e. The monoisotopic (exact) mass is 302 g/mol. The lowest BCUT2D eigenvalue weighted by Gasteiger charge is -2.33. The number of likely N-dealkylation sites (tertiary alicyclic amines) is 1. The smallest absolute Gasteiger partial charge is 0.290 e. The Labute approximate surface area is 127 Å². The predicted molar refractivity (Wildman–Crippen MR) is 79.2 cm³/mol. The molecule has 1 unspecified atom stereocenters. The quantitative estimate of drug-likeness (QED) is 0.934. The normalized spacial score (nSPS) is 18.2.